The highest BCUT2D eigenvalue weighted by Gasteiger charge is 2.13. The van der Waals surface area contributed by atoms with Gasteiger partial charge in [-0.15, -0.1) is 10.2 Å². The summed E-state index contributed by atoms with van der Waals surface area (Å²) in [6.07, 6.45) is 3.42. The largest absolute Gasteiger partial charge is 0.457 e. The second kappa shape index (κ2) is 9.44. The molecule has 0 saturated carbocycles. The molecule has 0 radical (unpaired) electrons. The van der Waals surface area contributed by atoms with E-state index in [1.54, 1.807) is 12.4 Å². The highest BCUT2D eigenvalue weighted by molar-refractivity contribution is 7.99. The Morgan fingerprint density at radius 3 is 2.55 bits per heavy atom. The van der Waals surface area contributed by atoms with Crippen LogP contribution in [0.2, 0.25) is 0 Å². The van der Waals surface area contributed by atoms with Crippen molar-refractivity contribution in [2.24, 2.45) is 7.05 Å². The first kappa shape index (κ1) is 20.6. The average molecular weight is 432 g/mol. The van der Waals surface area contributed by atoms with Crippen molar-refractivity contribution >= 4 is 23.4 Å². The lowest BCUT2D eigenvalue weighted by molar-refractivity contribution is -0.113. The maximum absolute atomic E-state index is 12.4. The number of aryl methyl sites for hydroxylation is 1. The summed E-state index contributed by atoms with van der Waals surface area (Å²) in [5.74, 6) is 2.33. The van der Waals surface area contributed by atoms with Crippen molar-refractivity contribution in [2.45, 2.75) is 12.1 Å². The van der Waals surface area contributed by atoms with E-state index in [1.165, 1.54) is 11.8 Å². The van der Waals surface area contributed by atoms with E-state index in [1.807, 2.05) is 79.2 Å². The molecule has 4 rings (SSSR count). The normalized spacial score (nSPS) is 10.6. The quantitative estimate of drug-likeness (QED) is 0.427. The van der Waals surface area contributed by atoms with Crippen LogP contribution in [0.5, 0.6) is 11.5 Å². The van der Waals surface area contributed by atoms with Crippen molar-refractivity contribution in [3.63, 3.8) is 0 Å². The first-order chi connectivity index (χ1) is 15.1. The maximum atomic E-state index is 12.4. The summed E-state index contributed by atoms with van der Waals surface area (Å²) >= 11 is 1.33. The van der Waals surface area contributed by atoms with Gasteiger partial charge in [-0.2, -0.15) is 0 Å². The molecule has 0 atom stereocenters. The average Bonchev–Trinajstić information content (AvgIpc) is 3.15. The van der Waals surface area contributed by atoms with Gasteiger partial charge in [0, 0.05) is 30.7 Å². The molecule has 2 heterocycles. The van der Waals surface area contributed by atoms with E-state index in [-0.39, 0.29) is 11.7 Å². The fraction of sp³-hybridized carbons (Fsp3) is 0.130. The monoisotopic (exact) mass is 431 g/mol. The first-order valence-corrected chi connectivity index (χ1v) is 10.6. The summed E-state index contributed by atoms with van der Waals surface area (Å²) in [4.78, 5) is 16.4. The number of benzene rings is 2. The zero-order valence-electron chi connectivity index (χ0n) is 17.1. The number of pyridine rings is 1. The van der Waals surface area contributed by atoms with E-state index in [9.17, 15) is 4.79 Å². The molecular formula is C23H21N5O2S. The summed E-state index contributed by atoms with van der Waals surface area (Å²) in [5, 5.41) is 12.0. The van der Waals surface area contributed by atoms with Crippen LogP contribution in [0.15, 0.2) is 78.2 Å². The molecule has 2 aromatic carbocycles. The zero-order chi connectivity index (χ0) is 21.6. The van der Waals surface area contributed by atoms with Gasteiger partial charge in [0.05, 0.1) is 5.75 Å². The number of thioether (sulfide) groups is 1. The second-order valence-electron chi connectivity index (χ2n) is 6.88. The minimum atomic E-state index is -0.120. The predicted octanol–water partition coefficient (Wildman–Crippen LogP) is 4.71. The molecule has 8 heteroatoms. The molecule has 1 N–H and O–H groups in total. The smallest absolute Gasteiger partial charge is 0.234 e. The Kier molecular flexibility index (Phi) is 6.28. The summed E-state index contributed by atoms with van der Waals surface area (Å²) in [6.45, 7) is 2.02. The predicted molar refractivity (Wildman–Crippen MR) is 121 cm³/mol. The van der Waals surface area contributed by atoms with Gasteiger partial charge in [0.25, 0.3) is 0 Å². The van der Waals surface area contributed by atoms with Crippen LogP contribution in [0.4, 0.5) is 5.69 Å². The van der Waals surface area contributed by atoms with Crippen molar-refractivity contribution < 1.29 is 9.53 Å². The summed E-state index contributed by atoms with van der Waals surface area (Å²) in [5.41, 5.74) is 2.77. The van der Waals surface area contributed by atoms with E-state index >= 15 is 0 Å². The van der Waals surface area contributed by atoms with Crippen LogP contribution >= 0.6 is 11.8 Å². The third kappa shape index (κ3) is 5.29. The van der Waals surface area contributed by atoms with Crippen LogP contribution in [0.3, 0.4) is 0 Å². The molecular weight excluding hydrogens is 410 g/mol. The Morgan fingerprint density at radius 2 is 1.81 bits per heavy atom. The molecule has 4 aromatic rings. The number of ether oxygens (including phenoxy) is 1. The van der Waals surface area contributed by atoms with E-state index in [0.717, 1.165) is 22.7 Å². The van der Waals surface area contributed by atoms with Crippen LogP contribution in [-0.2, 0) is 11.8 Å². The number of aromatic nitrogens is 4. The number of hydrogen-bond acceptors (Lipinski definition) is 6. The van der Waals surface area contributed by atoms with E-state index < -0.39 is 0 Å². The first-order valence-electron chi connectivity index (χ1n) is 9.65. The lowest BCUT2D eigenvalue weighted by Gasteiger charge is -2.08. The topological polar surface area (TPSA) is 81.9 Å². The van der Waals surface area contributed by atoms with Crippen LogP contribution in [-0.4, -0.2) is 31.4 Å². The molecule has 0 aliphatic heterocycles. The summed E-state index contributed by atoms with van der Waals surface area (Å²) in [7, 11) is 1.88. The third-order valence-corrected chi connectivity index (χ3v) is 5.49. The SMILES string of the molecule is Cc1cccc(Oc2ccc(NC(=O)CSc3nnc(-c4ccncc4)n3C)cc2)c1. The van der Waals surface area contributed by atoms with Gasteiger partial charge in [0.2, 0.25) is 5.91 Å². The number of carbonyl (C=O) groups excluding carboxylic acids is 1. The molecule has 0 unspecified atom stereocenters. The number of rotatable bonds is 7. The van der Waals surface area contributed by atoms with Gasteiger partial charge in [-0.05, 0) is 61.0 Å². The zero-order valence-corrected chi connectivity index (χ0v) is 18.0. The number of hydrogen-bond donors (Lipinski definition) is 1. The van der Waals surface area contributed by atoms with Gasteiger partial charge in [0.1, 0.15) is 11.5 Å². The highest BCUT2D eigenvalue weighted by atomic mass is 32.2. The second-order valence-corrected chi connectivity index (χ2v) is 7.82. The van der Waals surface area contributed by atoms with E-state index in [2.05, 4.69) is 20.5 Å². The molecule has 31 heavy (non-hydrogen) atoms. The molecule has 0 bridgehead atoms. The van der Waals surface area contributed by atoms with Gasteiger partial charge in [-0.25, -0.2) is 0 Å². The van der Waals surface area contributed by atoms with Gasteiger partial charge >= 0.3 is 0 Å². The third-order valence-electron chi connectivity index (χ3n) is 4.47. The molecule has 0 aliphatic carbocycles. The molecule has 0 aliphatic rings. The van der Waals surface area contributed by atoms with Crippen molar-refractivity contribution in [2.75, 3.05) is 11.1 Å². The molecule has 0 saturated heterocycles. The minimum Gasteiger partial charge on any atom is -0.457 e. The Bertz CT molecular complexity index is 1180. The molecule has 1 amide bonds. The van der Waals surface area contributed by atoms with Crippen LogP contribution < -0.4 is 10.1 Å². The molecule has 0 spiro atoms. The lowest BCUT2D eigenvalue weighted by Crippen LogP contribution is -2.14. The number of nitrogens with zero attached hydrogens (tertiary/aromatic N) is 4. The highest BCUT2D eigenvalue weighted by Crippen LogP contribution is 2.25. The van der Waals surface area contributed by atoms with Gasteiger partial charge < -0.3 is 14.6 Å². The maximum Gasteiger partial charge on any atom is 0.234 e. The van der Waals surface area contributed by atoms with Crippen molar-refractivity contribution in [3.05, 3.63) is 78.6 Å². The van der Waals surface area contributed by atoms with Crippen molar-refractivity contribution in [1.29, 1.82) is 0 Å². The Morgan fingerprint density at radius 1 is 1.03 bits per heavy atom. The van der Waals surface area contributed by atoms with Crippen molar-refractivity contribution in [1.82, 2.24) is 19.7 Å². The summed E-state index contributed by atoms with van der Waals surface area (Å²) in [6, 6.07) is 18.9. The molecule has 7 nitrogen and oxygen atoms in total. The Hall–Kier alpha value is -3.65. The number of amides is 1. The summed E-state index contributed by atoms with van der Waals surface area (Å²) < 4.78 is 7.70. The fourth-order valence-electron chi connectivity index (χ4n) is 2.94. The van der Waals surface area contributed by atoms with Crippen LogP contribution in [0.25, 0.3) is 11.4 Å². The van der Waals surface area contributed by atoms with Crippen LogP contribution in [0, 0.1) is 6.92 Å². The Balaban J connectivity index is 1.32. The number of anilines is 1. The van der Waals surface area contributed by atoms with E-state index in [4.69, 9.17) is 4.74 Å². The van der Waals surface area contributed by atoms with Crippen molar-refractivity contribution in [3.8, 4) is 22.9 Å². The Labute approximate surface area is 184 Å². The van der Waals surface area contributed by atoms with E-state index in [0.29, 0.717) is 16.6 Å². The number of nitrogens with one attached hydrogen (secondary N) is 1. The van der Waals surface area contributed by atoms with Crippen LogP contribution in [0.1, 0.15) is 5.56 Å². The van der Waals surface area contributed by atoms with Gasteiger partial charge in [-0.3, -0.25) is 9.78 Å². The standard InChI is InChI=1S/C23H21N5O2S/c1-16-4-3-5-20(14-16)30-19-8-6-18(7-9-19)25-21(29)15-31-23-27-26-22(28(23)2)17-10-12-24-13-11-17/h3-14H,15H2,1-2H3,(H,25,29). The minimum absolute atomic E-state index is 0.120. The molecule has 2 aromatic heterocycles. The number of carbonyl (C=O) groups is 1. The van der Waals surface area contributed by atoms with Gasteiger partial charge in [0.15, 0.2) is 11.0 Å². The van der Waals surface area contributed by atoms with Gasteiger partial charge in [-0.1, -0.05) is 23.9 Å². The molecule has 156 valence electrons. The lowest BCUT2D eigenvalue weighted by atomic mass is 10.2. The fourth-order valence-corrected chi connectivity index (χ4v) is 3.65. The molecule has 0 fully saturated rings.